The van der Waals surface area contributed by atoms with Gasteiger partial charge in [0.05, 0.1) is 6.54 Å². The summed E-state index contributed by atoms with van der Waals surface area (Å²) in [5, 5.41) is 6.79. The SMILES string of the molecule is CCc1cc(C#CCN)ccc1NC(=O)Cn1cncn1. The summed E-state index contributed by atoms with van der Waals surface area (Å²) >= 11 is 0. The van der Waals surface area contributed by atoms with Gasteiger partial charge in [0.15, 0.2) is 0 Å². The molecule has 0 atom stereocenters. The van der Waals surface area contributed by atoms with Crippen LogP contribution in [0.2, 0.25) is 0 Å². The van der Waals surface area contributed by atoms with Gasteiger partial charge in [0.25, 0.3) is 0 Å². The molecule has 0 saturated carbocycles. The molecule has 0 fully saturated rings. The van der Waals surface area contributed by atoms with Gasteiger partial charge in [0.2, 0.25) is 5.91 Å². The standard InChI is InChI=1S/C15H17N5O/c1-2-13-8-12(4-3-7-16)5-6-14(13)19-15(21)9-20-11-17-10-18-20/h5-6,8,10-11H,2,7,9,16H2,1H3,(H,19,21). The number of anilines is 1. The van der Waals surface area contributed by atoms with Crippen molar-refractivity contribution < 1.29 is 4.79 Å². The molecule has 3 N–H and O–H groups in total. The van der Waals surface area contributed by atoms with Crippen LogP contribution >= 0.6 is 0 Å². The minimum absolute atomic E-state index is 0.137. The highest BCUT2D eigenvalue weighted by molar-refractivity contribution is 5.91. The number of amides is 1. The van der Waals surface area contributed by atoms with Crippen LogP contribution in [0.3, 0.4) is 0 Å². The second kappa shape index (κ2) is 7.22. The molecule has 2 aromatic rings. The normalized spacial score (nSPS) is 9.81. The third-order valence-electron chi connectivity index (χ3n) is 2.87. The van der Waals surface area contributed by atoms with Gasteiger partial charge >= 0.3 is 0 Å². The van der Waals surface area contributed by atoms with Crippen molar-refractivity contribution in [2.75, 3.05) is 11.9 Å². The number of benzene rings is 1. The van der Waals surface area contributed by atoms with Crippen molar-refractivity contribution in [1.29, 1.82) is 0 Å². The molecular weight excluding hydrogens is 266 g/mol. The number of nitrogens with one attached hydrogen (secondary N) is 1. The Morgan fingerprint density at radius 3 is 3.00 bits per heavy atom. The predicted octanol–water partition coefficient (Wildman–Crippen LogP) is 0.789. The van der Waals surface area contributed by atoms with Crippen LogP contribution in [0.1, 0.15) is 18.1 Å². The number of nitrogens with zero attached hydrogens (tertiary/aromatic N) is 3. The zero-order valence-corrected chi connectivity index (χ0v) is 11.8. The molecule has 21 heavy (non-hydrogen) atoms. The van der Waals surface area contributed by atoms with Crippen LogP contribution in [0.5, 0.6) is 0 Å². The van der Waals surface area contributed by atoms with Crippen LogP contribution in [-0.4, -0.2) is 27.2 Å². The lowest BCUT2D eigenvalue weighted by Gasteiger charge is -2.10. The van der Waals surface area contributed by atoms with Gasteiger partial charge in [-0.2, -0.15) is 5.10 Å². The molecule has 2 rings (SSSR count). The maximum atomic E-state index is 12.0. The Bertz CT molecular complexity index is 667. The number of hydrogen-bond donors (Lipinski definition) is 2. The average molecular weight is 283 g/mol. The van der Waals surface area contributed by atoms with Crippen molar-refractivity contribution in [1.82, 2.24) is 14.8 Å². The third-order valence-corrected chi connectivity index (χ3v) is 2.87. The highest BCUT2D eigenvalue weighted by Crippen LogP contribution is 2.18. The van der Waals surface area contributed by atoms with E-state index in [0.29, 0.717) is 6.54 Å². The number of rotatable bonds is 4. The molecule has 1 aromatic carbocycles. The summed E-state index contributed by atoms with van der Waals surface area (Å²) in [6, 6.07) is 5.69. The molecule has 0 aliphatic heterocycles. The minimum Gasteiger partial charge on any atom is -0.324 e. The summed E-state index contributed by atoms with van der Waals surface area (Å²) in [4.78, 5) is 15.8. The molecule has 6 heteroatoms. The highest BCUT2D eigenvalue weighted by Gasteiger charge is 2.07. The van der Waals surface area contributed by atoms with E-state index in [2.05, 4.69) is 27.2 Å². The van der Waals surface area contributed by atoms with E-state index in [1.54, 1.807) is 0 Å². The number of hydrogen-bond acceptors (Lipinski definition) is 4. The van der Waals surface area contributed by atoms with E-state index in [0.717, 1.165) is 23.2 Å². The Balaban J connectivity index is 2.10. The molecule has 1 amide bonds. The van der Waals surface area contributed by atoms with Gasteiger partial charge in [-0.3, -0.25) is 4.79 Å². The first kappa shape index (κ1) is 14.8. The predicted molar refractivity (Wildman–Crippen MR) is 80.4 cm³/mol. The molecule has 0 aliphatic rings. The second-order valence-electron chi connectivity index (χ2n) is 4.37. The van der Waals surface area contributed by atoms with Crippen LogP contribution in [0.15, 0.2) is 30.9 Å². The van der Waals surface area contributed by atoms with E-state index >= 15 is 0 Å². The molecule has 0 radical (unpaired) electrons. The Hall–Kier alpha value is -2.65. The summed E-state index contributed by atoms with van der Waals surface area (Å²) in [5.74, 6) is 5.66. The number of carbonyl (C=O) groups is 1. The zero-order valence-electron chi connectivity index (χ0n) is 11.8. The summed E-state index contributed by atoms with van der Waals surface area (Å²) in [5.41, 5.74) is 8.08. The lowest BCUT2D eigenvalue weighted by molar-refractivity contribution is -0.116. The maximum absolute atomic E-state index is 12.0. The molecule has 0 aliphatic carbocycles. The van der Waals surface area contributed by atoms with Gasteiger partial charge in [-0.25, -0.2) is 9.67 Å². The summed E-state index contributed by atoms with van der Waals surface area (Å²) in [7, 11) is 0. The molecular formula is C15H17N5O. The van der Waals surface area contributed by atoms with Crippen molar-refractivity contribution >= 4 is 11.6 Å². The van der Waals surface area contributed by atoms with Crippen LogP contribution < -0.4 is 11.1 Å². The fraction of sp³-hybridized carbons (Fsp3) is 0.267. The smallest absolute Gasteiger partial charge is 0.246 e. The largest absolute Gasteiger partial charge is 0.324 e. The van der Waals surface area contributed by atoms with Gasteiger partial charge in [0, 0.05) is 11.3 Å². The lowest BCUT2D eigenvalue weighted by Crippen LogP contribution is -2.19. The first-order chi connectivity index (χ1) is 10.2. The Morgan fingerprint density at radius 2 is 2.33 bits per heavy atom. The summed E-state index contributed by atoms with van der Waals surface area (Å²) in [6.07, 6.45) is 3.71. The molecule has 0 spiro atoms. The van der Waals surface area contributed by atoms with Crippen molar-refractivity contribution in [3.8, 4) is 11.8 Å². The lowest BCUT2D eigenvalue weighted by atomic mass is 10.1. The van der Waals surface area contributed by atoms with Crippen LogP contribution in [-0.2, 0) is 17.8 Å². The Morgan fingerprint density at radius 1 is 1.48 bits per heavy atom. The second-order valence-corrected chi connectivity index (χ2v) is 4.37. The number of aromatic nitrogens is 3. The third kappa shape index (κ3) is 4.16. The van der Waals surface area contributed by atoms with Gasteiger partial charge in [0.1, 0.15) is 19.2 Å². The quantitative estimate of drug-likeness (QED) is 0.812. The maximum Gasteiger partial charge on any atom is 0.246 e. The van der Waals surface area contributed by atoms with Crippen molar-refractivity contribution in [3.63, 3.8) is 0 Å². The number of aryl methyl sites for hydroxylation is 1. The van der Waals surface area contributed by atoms with Crippen molar-refractivity contribution in [2.24, 2.45) is 5.73 Å². The number of nitrogens with two attached hydrogens (primary N) is 1. The molecule has 1 heterocycles. The topological polar surface area (TPSA) is 85.8 Å². The van der Waals surface area contributed by atoms with Gasteiger partial charge in [-0.1, -0.05) is 18.8 Å². The monoisotopic (exact) mass is 283 g/mol. The molecule has 6 nitrogen and oxygen atoms in total. The Kier molecular flexibility index (Phi) is 5.07. The Labute approximate surface area is 123 Å². The molecule has 0 bridgehead atoms. The summed E-state index contributed by atoms with van der Waals surface area (Å²) in [6.45, 7) is 2.50. The molecule has 108 valence electrons. The van der Waals surface area contributed by atoms with E-state index in [-0.39, 0.29) is 12.5 Å². The van der Waals surface area contributed by atoms with Crippen molar-refractivity contribution in [2.45, 2.75) is 19.9 Å². The first-order valence-corrected chi connectivity index (χ1v) is 6.67. The first-order valence-electron chi connectivity index (χ1n) is 6.67. The molecule has 0 saturated heterocycles. The van der Waals surface area contributed by atoms with Crippen LogP contribution in [0, 0.1) is 11.8 Å². The molecule has 0 unspecified atom stereocenters. The zero-order chi connectivity index (χ0) is 15.1. The average Bonchev–Trinajstić information content (AvgIpc) is 2.98. The van der Waals surface area contributed by atoms with E-state index in [1.165, 1.54) is 17.3 Å². The van der Waals surface area contributed by atoms with E-state index in [1.807, 2.05) is 25.1 Å². The van der Waals surface area contributed by atoms with Crippen LogP contribution in [0.25, 0.3) is 0 Å². The highest BCUT2D eigenvalue weighted by atomic mass is 16.2. The van der Waals surface area contributed by atoms with Gasteiger partial charge in [-0.05, 0) is 30.2 Å². The molecule has 1 aromatic heterocycles. The minimum atomic E-state index is -0.143. The van der Waals surface area contributed by atoms with Crippen molar-refractivity contribution in [3.05, 3.63) is 42.0 Å². The van der Waals surface area contributed by atoms with Gasteiger partial charge in [-0.15, -0.1) is 0 Å². The fourth-order valence-corrected chi connectivity index (χ4v) is 1.89. The van der Waals surface area contributed by atoms with E-state index in [4.69, 9.17) is 5.73 Å². The van der Waals surface area contributed by atoms with E-state index in [9.17, 15) is 4.79 Å². The summed E-state index contributed by atoms with van der Waals surface area (Å²) < 4.78 is 1.47. The fourth-order valence-electron chi connectivity index (χ4n) is 1.89. The number of carbonyl (C=O) groups excluding carboxylic acids is 1. The van der Waals surface area contributed by atoms with Gasteiger partial charge < -0.3 is 11.1 Å². The van der Waals surface area contributed by atoms with E-state index < -0.39 is 0 Å². The van der Waals surface area contributed by atoms with Crippen LogP contribution in [0.4, 0.5) is 5.69 Å².